The van der Waals surface area contributed by atoms with E-state index in [1.165, 1.54) is 30.0 Å². The topological polar surface area (TPSA) is 47.0 Å². The highest BCUT2D eigenvalue weighted by Gasteiger charge is 2.21. The van der Waals surface area contributed by atoms with Crippen molar-refractivity contribution in [1.29, 1.82) is 0 Å². The fourth-order valence-electron chi connectivity index (χ4n) is 2.07. The summed E-state index contributed by atoms with van der Waals surface area (Å²) in [5.41, 5.74) is 3.67. The van der Waals surface area contributed by atoms with Crippen molar-refractivity contribution in [2.75, 3.05) is 6.61 Å². The number of hydrogen-bond donors (Lipinski definition) is 1. The second-order valence-electron chi connectivity index (χ2n) is 5.23. The SMILES string of the molecule is Cc1ncsc1CCOc1ncc(F)cc1CNC1CC1. The van der Waals surface area contributed by atoms with E-state index in [9.17, 15) is 4.39 Å². The van der Waals surface area contributed by atoms with Crippen LogP contribution < -0.4 is 10.1 Å². The molecular formula is C15H18FN3OS. The maximum atomic E-state index is 13.3. The first-order chi connectivity index (χ1) is 10.2. The van der Waals surface area contributed by atoms with E-state index in [-0.39, 0.29) is 5.82 Å². The number of pyridine rings is 1. The molecule has 112 valence electrons. The fourth-order valence-corrected chi connectivity index (χ4v) is 2.84. The first-order valence-electron chi connectivity index (χ1n) is 7.12. The van der Waals surface area contributed by atoms with Crippen LogP contribution in [0.4, 0.5) is 4.39 Å². The van der Waals surface area contributed by atoms with Gasteiger partial charge in [0.15, 0.2) is 0 Å². The summed E-state index contributed by atoms with van der Waals surface area (Å²) in [6, 6.07) is 2.07. The van der Waals surface area contributed by atoms with Crippen LogP contribution in [0.25, 0.3) is 0 Å². The minimum absolute atomic E-state index is 0.326. The zero-order valence-electron chi connectivity index (χ0n) is 11.9. The molecule has 2 heterocycles. The molecule has 21 heavy (non-hydrogen) atoms. The van der Waals surface area contributed by atoms with Crippen LogP contribution in [0.15, 0.2) is 17.8 Å². The van der Waals surface area contributed by atoms with Crippen LogP contribution >= 0.6 is 11.3 Å². The molecule has 1 aliphatic carbocycles. The Labute approximate surface area is 127 Å². The van der Waals surface area contributed by atoms with E-state index < -0.39 is 0 Å². The monoisotopic (exact) mass is 307 g/mol. The average Bonchev–Trinajstić information content (AvgIpc) is 3.21. The van der Waals surface area contributed by atoms with Crippen molar-refractivity contribution in [2.45, 2.75) is 38.8 Å². The Hall–Kier alpha value is -1.53. The van der Waals surface area contributed by atoms with E-state index in [4.69, 9.17) is 4.74 Å². The van der Waals surface area contributed by atoms with E-state index in [0.29, 0.717) is 25.1 Å². The van der Waals surface area contributed by atoms with Crippen molar-refractivity contribution >= 4 is 11.3 Å². The van der Waals surface area contributed by atoms with E-state index in [1.807, 2.05) is 12.4 Å². The number of ether oxygens (including phenoxy) is 1. The minimum atomic E-state index is -0.326. The lowest BCUT2D eigenvalue weighted by atomic mass is 10.2. The molecule has 0 radical (unpaired) electrons. The summed E-state index contributed by atoms with van der Waals surface area (Å²) < 4.78 is 19.1. The molecular weight excluding hydrogens is 289 g/mol. The van der Waals surface area contributed by atoms with E-state index >= 15 is 0 Å². The number of nitrogens with zero attached hydrogens (tertiary/aromatic N) is 2. The summed E-state index contributed by atoms with van der Waals surface area (Å²) >= 11 is 1.63. The average molecular weight is 307 g/mol. The van der Waals surface area contributed by atoms with Gasteiger partial charge in [0, 0.05) is 29.4 Å². The molecule has 1 N–H and O–H groups in total. The van der Waals surface area contributed by atoms with Gasteiger partial charge in [-0.1, -0.05) is 0 Å². The van der Waals surface area contributed by atoms with Crippen molar-refractivity contribution in [3.63, 3.8) is 0 Å². The van der Waals surface area contributed by atoms with Gasteiger partial charge in [-0.2, -0.15) is 0 Å². The van der Waals surface area contributed by atoms with Crippen LogP contribution in [-0.2, 0) is 13.0 Å². The predicted molar refractivity (Wildman–Crippen MR) is 80.1 cm³/mol. The van der Waals surface area contributed by atoms with Gasteiger partial charge < -0.3 is 10.1 Å². The van der Waals surface area contributed by atoms with Crippen LogP contribution in [-0.4, -0.2) is 22.6 Å². The molecule has 6 heteroatoms. The molecule has 0 atom stereocenters. The number of nitrogens with one attached hydrogen (secondary N) is 1. The van der Waals surface area contributed by atoms with Gasteiger partial charge >= 0.3 is 0 Å². The maximum Gasteiger partial charge on any atom is 0.218 e. The summed E-state index contributed by atoms with van der Waals surface area (Å²) in [5, 5.41) is 3.36. The largest absolute Gasteiger partial charge is 0.477 e. The standard InChI is InChI=1S/C15H18FN3OS/c1-10-14(21-9-19-10)4-5-20-15-11(6-12(16)8-18-15)7-17-13-2-3-13/h6,8-9,13,17H,2-5,7H2,1H3. The number of aryl methyl sites for hydroxylation is 1. The number of halogens is 1. The summed E-state index contributed by atoms with van der Waals surface area (Å²) in [7, 11) is 0. The highest BCUT2D eigenvalue weighted by atomic mass is 32.1. The Morgan fingerprint density at radius 2 is 2.29 bits per heavy atom. The normalized spacial score (nSPS) is 14.4. The van der Waals surface area contributed by atoms with Crippen molar-refractivity contribution in [2.24, 2.45) is 0 Å². The highest BCUT2D eigenvalue weighted by Crippen LogP contribution is 2.22. The summed E-state index contributed by atoms with van der Waals surface area (Å²) in [6.07, 6.45) is 4.39. The molecule has 1 saturated carbocycles. The van der Waals surface area contributed by atoms with E-state index in [1.54, 1.807) is 11.3 Å². The number of aromatic nitrogens is 2. The van der Waals surface area contributed by atoms with Crippen LogP contribution in [0, 0.1) is 12.7 Å². The molecule has 0 aliphatic heterocycles. The number of thiazole rings is 1. The smallest absolute Gasteiger partial charge is 0.218 e. The Kier molecular flexibility index (Phi) is 4.45. The molecule has 0 spiro atoms. The Morgan fingerprint density at radius 1 is 1.43 bits per heavy atom. The van der Waals surface area contributed by atoms with Gasteiger partial charge in [0.1, 0.15) is 5.82 Å². The third-order valence-electron chi connectivity index (χ3n) is 3.46. The Bertz CT molecular complexity index is 613. The van der Waals surface area contributed by atoms with Gasteiger partial charge in [0.25, 0.3) is 0 Å². The van der Waals surface area contributed by atoms with Gasteiger partial charge in [-0.15, -0.1) is 11.3 Å². The van der Waals surface area contributed by atoms with Crippen LogP contribution in [0.2, 0.25) is 0 Å². The Balaban J connectivity index is 1.59. The molecule has 1 aliphatic rings. The third kappa shape index (κ3) is 3.98. The molecule has 0 amide bonds. The zero-order chi connectivity index (χ0) is 14.7. The molecule has 4 nitrogen and oxygen atoms in total. The zero-order valence-corrected chi connectivity index (χ0v) is 12.8. The molecule has 0 bridgehead atoms. The van der Waals surface area contributed by atoms with Crippen molar-refractivity contribution < 1.29 is 9.13 Å². The Morgan fingerprint density at radius 3 is 3.00 bits per heavy atom. The molecule has 3 rings (SSSR count). The van der Waals surface area contributed by atoms with E-state index in [2.05, 4.69) is 15.3 Å². The van der Waals surface area contributed by atoms with Gasteiger partial charge in [0.2, 0.25) is 5.88 Å². The fraction of sp³-hybridized carbons (Fsp3) is 0.467. The van der Waals surface area contributed by atoms with Crippen LogP contribution in [0.3, 0.4) is 0 Å². The lowest BCUT2D eigenvalue weighted by molar-refractivity contribution is 0.304. The molecule has 0 unspecified atom stereocenters. The van der Waals surface area contributed by atoms with Crippen molar-refractivity contribution in [3.8, 4) is 5.88 Å². The molecule has 1 fully saturated rings. The minimum Gasteiger partial charge on any atom is -0.477 e. The maximum absolute atomic E-state index is 13.3. The van der Waals surface area contributed by atoms with E-state index in [0.717, 1.165) is 17.7 Å². The van der Waals surface area contributed by atoms with Crippen molar-refractivity contribution in [3.05, 3.63) is 39.7 Å². The first kappa shape index (κ1) is 14.4. The number of rotatable bonds is 7. The summed E-state index contributed by atoms with van der Waals surface area (Å²) in [4.78, 5) is 9.50. The van der Waals surface area contributed by atoms with Gasteiger partial charge in [-0.05, 0) is 25.8 Å². The van der Waals surface area contributed by atoms with Crippen LogP contribution in [0.1, 0.15) is 29.0 Å². The summed E-state index contributed by atoms with van der Waals surface area (Å²) in [6.45, 7) is 3.12. The highest BCUT2D eigenvalue weighted by molar-refractivity contribution is 7.09. The quantitative estimate of drug-likeness (QED) is 0.854. The number of hydrogen-bond acceptors (Lipinski definition) is 5. The van der Waals surface area contributed by atoms with Gasteiger partial charge in [0.05, 0.1) is 24.0 Å². The predicted octanol–water partition coefficient (Wildman–Crippen LogP) is 2.86. The molecule has 2 aromatic rings. The molecule has 0 aromatic carbocycles. The third-order valence-corrected chi connectivity index (χ3v) is 4.46. The molecule has 0 saturated heterocycles. The second-order valence-corrected chi connectivity index (χ2v) is 6.17. The lowest BCUT2D eigenvalue weighted by Crippen LogP contribution is -2.17. The van der Waals surface area contributed by atoms with Gasteiger partial charge in [-0.3, -0.25) is 0 Å². The first-order valence-corrected chi connectivity index (χ1v) is 8.00. The summed E-state index contributed by atoms with van der Waals surface area (Å²) in [5.74, 6) is 0.194. The van der Waals surface area contributed by atoms with Crippen LogP contribution in [0.5, 0.6) is 5.88 Å². The second kappa shape index (κ2) is 6.49. The lowest BCUT2D eigenvalue weighted by Gasteiger charge is -2.11. The molecule has 2 aromatic heterocycles. The van der Waals surface area contributed by atoms with Crippen molar-refractivity contribution in [1.82, 2.24) is 15.3 Å². The van der Waals surface area contributed by atoms with Gasteiger partial charge in [-0.25, -0.2) is 14.4 Å².